The summed E-state index contributed by atoms with van der Waals surface area (Å²) >= 11 is 0. The number of rotatable bonds is 2. The van der Waals surface area contributed by atoms with E-state index in [4.69, 9.17) is 0 Å². The summed E-state index contributed by atoms with van der Waals surface area (Å²) in [6, 6.07) is 29.9. The van der Waals surface area contributed by atoms with Crippen molar-refractivity contribution >= 4 is 0 Å². The van der Waals surface area contributed by atoms with E-state index in [0.29, 0.717) is 0 Å². The van der Waals surface area contributed by atoms with Crippen molar-refractivity contribution in [2.75, 3.05) is 0 Å². The monoisotopic (exact) mass is 320 g/mol. The van der Waals surface area contributed by atoms with Crippen molar-refractivity contribution in [1.29, 1.82) is 0 Å². The smallest absolute Gasteiger partial charge is 0.116 e. The first-order valence-electron chi connectivity index (χ1n) is 8.44. The molecular formula is C23H16N2. The van der Waals surface area contributed by atoms with Gasteiger partial charge in [0.15, 0.2) is 0 Å². The summed E-state index contributed by atoms with van der Waals surface area (Å²) in [5.41, 5.74) is 6.72. The van der Waals surface area contributed by atoms with Crippen LogP contribution < -0.4 is 0 Å². The van der Waals surface area contributed by atoms with Crippen LogP contribution in [0.4, 0.5) is 0 Å². The summed E-state index contributed by atoms with van der Waals surface area (Å²) < 4.78 is 0. The zero-order valence-corrected chi connectivity index (χ0v) is 13.6. The Morgan fingerprint density at radius 2 is 1.20 bits per heavy atom. The number of nitrogens with zero attached hydrogens (tertiary/aromatic N) is 2. The van der Waals surface area contributed by atoms with Crippen molar-refractivity contribution in [3.8, 4) is 11.3 Å². The topological polar surface area (TPSA) is 25.8 Å². The summed E-state index contributed by atoms with van der Waals surface area (Å²) in [6.45, 7) is 0. The van der Waals surface area contributed by atoms with Gasteiger partial charge < -0.3 is 0 Å². The molecule has 0 N–H and O–H groups in total. The van der Waals surface area contributed by atoms with Crippen molar-refractivity contribution in [1.82, 2.24) is 9.97 Å². The SMILES string of the molecule is c1ccc(C2(c3ccccc3)c3ccccc3-c3ncncc32)cc1. The Balaban J connectivity index is 1.98. The van der Waals surface area contributed by atoms with Gasteiger partial charge in [0.05, 0.1) is 11.1 Å². The molecule has 0 fully saturated rings. The van der Waals surface area contributed by atoms with Crippen LogP contribution in [0.25, 0.3) is 11.3 Å². The van der Waals surface area contributed by atoms with Crippen LogP contribution in [0.15, 0.2) is 97.5 Å². The number of benzene rings is 3. The molecule has 2 heteroatoms. The molecule has 5 rings (SSSR count). The molecule has 25 heavy (non-hydrogen) atoms. The van der Waals surface area contributed by atoms with E-state index in [0.717, 1.165) is 11.3 Å². The van der Waals surface area contributed by atoms with E-state index in [1.165, 1.54) is 22.3 Å². The number of hydrogen-bond acceptors (Lipinski definition) is 2. The van der Waals surface area contributed by atoms with Gasteiger partial charge in [0.2, 0.25) is 0 Å². The Kier molecular flexibility index (Phi) is 3.04. The fourth-order valence-electron chi connectivity index (χ4n) is 4.15. The second kappa shape index (κ2) is 5.38. The predicted octanol–water partition coefficient (Wildman–Crippen LogP) is 4.84. The molecule has 0 radical (unpaired) electrons. The first kappa shape index (κ1) is 14.1. The van der Waals surface area contributed by atoms with Gasteiger partial charge in [-0.1, -0.05) is 84.9 Å². The molecule has 2 nitrogen and oxygen atoms in total. The minimum absolute atomic E-state index is 0.379. The third-order valence-corrected chi connectivity index (χ3v) is 5.12. The molecule has 0 aliphatic heterocycles. The second-order valence-corrected chi connectivity index (χ2v) is 6.31. The van der Waals surface area contributed by atoms with Crippen LogP contribution >= 0.6 is 0 Å². The summed E-state index contributed by atoms with van der Waals surface area (Å²) in [4.78, 5) is 9.01. The quantitative estimate of drug-likeness (QED) is 0.465. The zero-order chi connectivity index (χ0) is 16.7. The lowest BCUT2D eigenvalue weighted by Crippen LogP contribution is -2.28. The lowest BCUT2D eigenvalue weighted by molar-refractivity contribution is 0.760. The normalized spacial score (nSPS) is 13.9. The van der Waals surface area contributed by atoms with Crippen LogP contribution in [0.2, 0.25) is 0 Å². The van der Waals surface area contributed by atoms with Crippen molar-refractivity contribution < 1.29 is 0 Å². The Morgan fingerprint density at radius 1 is 0.600 bits per heavy atom. The minimum Gasteiger partial charge on any atom is -0.244 e. The van der Waals surface area contributed by atoms with E-state index in [1.807, 2.05) is 6.20 Å². The van der Waals surface area contributed by atoms with Gasteiger partial charge in [0.25, 0.3) is 0 Å². The van der Waals surface area contributed by atoms with Gasteiger partial charge in [-0.25, -0.2) is 9.97 Å². The summed E-state index contributed by atoms with van der Waals surface area (Å²) in [5, 5.41) is 0. The molecule has 0 unspecified atom stereocenters. The van der Waals surface area contributed by atoms with E-state index in [1.54, 1.807) is 6.33 Å². The fraction of sp³-hybridized carbons (Fsp3) is 0.0435. The Morgan fingerprint density at radius 3 is 1.88 bits per heavy atom. The van der Waals surface area contributed by atoms with E-state index >= 15 is 0 Å². The van der Waals surface area contributed by atoms with E-state index in [2.05, 4.69) is 94.9 Å². The molecule has 4 aromatic rings. The molecule has 0 atom stereocenters. The van der Waals surface area contributed by atoms with E-state index < -0.39 is 0 Å². The van der Waals surface area contributed by atoms with E-state index in [-0.39, 0.29) is 5.41 Å². The molecule has 0 spiro atoms. The molecule has 0 saturated heterocycles. The molecule has 0 bridgehead atoms. The van der Waals surface area contributed by atoms with Crippen LogP contribution in [-0.4, -0.2) is 9.97 Å². The highest BCUT2D eigenvalue weighted by molar-refractivity contribution is 5.83. The zero-order valence-electron chi connectivity index (χ0n) is 13.6. The minimum atomic E-state index is -0.379. The average molecular weight is 320 g/mol. The van der Waals surface area contributed by atoms with Crippen LogP contribution in [0.3, 0.4) is 0 Å². The lowest BCUT2D eigenvalue weighted by Gasteiger charge is -2.33. The third kappa shape index (κ3) is 1.85. The maximum atomic E-state index is 4.64. The molecular weight excluding hydrogens is 304 g/mol. The predicted molar refractivity (Wildman–Crippen MR) is 99.3 cm³/mol. The highest BCUT2D eigenvalue weighted by atomic mass is 14.8. The largest absolute Gasteiger partial charge is 0.244 e. The number of fused-ring (bicyclic) bond motifs is 3. The Labute approximate surface area is 146 Å². The standard InChI is InChI=1S/C23H16N2/c1-3-9-17(10-4-1)23(18-11-5-2-6-12-18)20-14-8-7-13-19(20)22-21(23)15-24-16-25-22/h1-16H. The molecule has 1 aromatic heterocycles. The summed E-state index contributed by atoms with van der Waals surface area (Å²) in [7, 11) is 0. The van der Waals surface area contributed by atoms with Gasteiger partial charge >= 0.3 is 0 Å². The summed E-state index contributed by atoms with van der Waals surface area (Å²) in [6.07, 6.45) is 3.62. The second-order valence-electron chi connectivity index (χ2n) is 6.31. The number of hydrogen-bond donors (Lipinski definition) is 0. The average Bonchev–Trinajstić information content (AvgIpc) is 3.01. The van der Waals surface area contributed by atoms with Gasteiger partial charge in [-0.15, -0.1) is 0 Å². The van der Waals surface area contributed by atoms with Crippen molar-refractivity contribution in [3.63, 3.8) is 0 Å². The van der Waals surface area contributed by atoms with Gasteiger partial charge in [-0.05, 0) is 16.7 Å². The molecule has 1 aliphatic rings. The van der Waals surface area contributed by atoms with Gasteiger partial charge in [-0.2, -0.15) is 0 Å². The molecule has 1 aliphatic carbocycles. The van der Waals surface area contributed by atoms with Crippen LogP contribution in [-0.2, 0) is 5.41 Å². The maximum absolute atomic E-state index is 4.64. The summed E-state index contributed by atoms with van der Waals surface area (Å²) in [5.74, 6) is 0. The van der Waals surface area contributed by atoms with Gasteiger partial charge in [0, 0.05) is 17.3 Å². The van der Waals surface area contributed by atoms with Crippen molar-refractivity contribution in [3.05, 3.63) is 120 Å². The first-order valence-corrected chi connectivity index (χ1v) is 8.44. The molecule has 118 valence electrons. The molecule has 3 aromatic carbocycles. The van der Waals surface area contributed by atoms with Crippen LogP contribution in [0.1, 0.15) is 22.3 Å². The van der Waals surface area contributed by atoms with Crippen molar-refractivity contribution in [2.24, 2.45) is 0 Å². The molecule has 0 saturated carbocycles. The molecule has 1 heterocycles. The van der Waals surface area contributed by atoms with Crippen LogP contribution in [0, 0.1) is 0 Å². The first-order chi connectivity index (χ1) is 12.4. The lowest BCUT2D eigenvalue weighted by atomic mass is 9.68. The molecule has 0 amide bonds. The van der Waals surface area contributed by atoms with Gasteiger partial charge in [-0.3, -0.25) is 0 Å². The third-order valence-electron chi connectivity index (χ3n) is 5.12. The fourth-order valence-corrected chi connectivity index (χ4v) is 4.15. The van der Waals surface area contributed by atoms with Crippen molar-refractivity contribution in [2.45, 2.75) is 5.41 Å². The maximum Gasteiger partial charge on any atom is 0.116 e. The highest BCUT2D eigenvalue weighted by Gasteiger charge is 2.46. The van der Waals surface area contributed by atoms with Crippen LogP contribution in [0.5, 0.6) is 0 Å². The Hall–Kier alpha value is -3.26. The highest BCUT2D eigenvalue weighted by Crippen LogP contribution is 2.54. The number of aromatic nitrogens is 2. The van der Waals surface area contributed by atoms with Gasteiger partial charge in [0.1, 0.15) is 6.33 Å². The van der Waals surface area contributed by atoms with E-state index in [9.17, 15) is 0 Å². The Bertz CT molecular complexity index is 953.